The molecule has 0 radical (unpaired) electrons. The first-order chi connectivity index (χ1) is 23.1. The smallest absolute Gasteiger partial charge is 0.318 e. The Bertz CT molecular complexity index is 1620. The summed E-state index contributed by atoms with van der Waals surface area (Å²) in [5.41, 5.74) is 6.03. The number of nitrogens with one attached hydrogen (secondary N) is 1. The number of benzene rings is 3. The summed E-state index contributed by atoms with van der Waals surface area (Å²) in [6.07, 6.45) is 13.5. The van der Waals surface area contributed by atoms with E-state index in [1.54, 1.807) is 14.2 Å². The lowest BCUT2D eigenvalue weighted by atomic mass is 9.91. The van der Waals surface area contributed by atoms with Gasteiger partial charge in [0.05, 0.1) is 20.3 Å². The molecule has 256 valence electrons. The minimum atomic E-state index is -0.375. The summed E-state index contributed by atoms with van der Waals surface area (Å²) in [6.45, 7) is 13.5. The zero-order chi connectivity index (χ0) is 34.7. The van der Waals surface area contributed by atoms with E-state index in [0.29, 0.717) is 49.2 Å². The van der Waals surface area contributed by atoms with Crippen LogP contribution in [0, 0.1) is 6.92 Å². The van der Waals surface area contributed by atoms with Gasteiger partial charge in [0.2, 0.25) is 0 Å². The van der Waals surface area contributed by atoms with Crippen molar-refractivity contribution in [2.45, 2.75) is 79.0 Å². The number of rotatable bonds is 10. The summed E-state index contributed by atoms with van der Waals surface area (Å²) in [4.78, 5) is 15.5. The summed E-state index contributed by atoms with van der Waals surface area (Å²) in [7, 11) is 3.31. The zero-order valence-corrected chi connectivity index (χ0v) is 29.9. The van der Waals surface area contributed by atoms with Gasteiger partial charge < -0.3 is 29.2 Å². The van der Waals surface area contributed by atoms with E-state index in [4.69, 9.17) is 18.9 Å². The first kappa shape index (κ1) is 36.2. The number of carbonyl (C=O) groups excluding carboxylic acids is 1. The number of ether oxygens (including phenoxy) is 4. The highest BCUT2D eigenvalue weighted by molar-refractivity contribution is 5.77. The fourth-order valence-corrected chi connectivity index (χ4v) is 5.75. The molecule has 0 spiro atoms. The molecule has 2 aliphatic rings. The van der Waals surface area contributed by atoms with Gasteiger partial charge in [-0.1, -0.05) is 74.6 Å². The van der Waals surface area contributed by atoms with E-state index in [2.05, 4.69) is 48.7 Å². The van der Waals surface area contributed by atoms with Crippen molar-refractivity contribution in [2.24, 2.45) is 0 Å². The molecule has 3 aromatic carbocycles. The number of methoxy groups -OCH3 is 2. The van der Waals surface area contributed by atoms with E-state index in [1.807, 2.05) is 88.0 Å². The van der Waals surface area contributed by atoms with Crippen LogP contribution in [0.1, 0.15) is 81.3 Å². The number of allylic oxidation sites excluding steroid dienone is 2. The molecule has 1 aliphatic heterocycles. The van der Waals surface area contributed by atoms with Gasteiger partial charge in [0.15, 0.2) is 23.0 Å². The third-order valence-corrected chi connectivity index (χ3v) is 8.16. The third-order valence-electron chi connectivity index (χ3n) is 8.16. The first-order valence-corrected chi connectivity index (χ1v) is 17.0. The highest BCUT2D eigenvalue weighted by Gasteiger charge is 2.32. The second-order valence-electron chi connectivity index (χ2n) is 12.8. The first-order valence-electron chi connectivity index (χ1n) is 17.0. The maximum Gasteiger partial charge on any atom is 0.318 e. The van der Waals surface area contributed by atoms with Crippen LogP contribution in [-0.4, -0.2) is 43.8 Å². The molecule has 48 heavy (non-hydrogen) atoms. The van der Waals surface area contributed by atoms with Crippen molar-refractivity contribution in [3.8, 4) is 23.0 Å². The molecule has 0 saturated carbocycles. The van der Waals surface area contributed by atoms with Crippen molar-refractivity contribution in [3.63, 3.8) is 0 Å². The van der Waals surface area contributed by atoms with Crippen molar-refractivity contribution in [1.82, 2.24) is 10.2 Å². The number of carbonyl (C=O) groups is 1. The Morgan fingerprint density at radius 2 is 1.60 bits per heavy atom. The van der Waals surface area contributed by atoms with E-state index in [0.717, 1.165) is 46.2 Å². The Morgan fingerprint density at radius 3 is 2.27 bits per heavy atom. The van der Waals surface area contributed by atoms with Crippen LogP contribution in [0.15, 0.2) is 84.5 Å². The number of hydrogen-bond donors (Lipinski definition) is 1. The molecule has 5 rings (SSSR count). The standard InChI is InChI=1S/C39H46N2O5.C2H6/c1-27-21-34(43-5)36(45-25-28-13-9-7-10-14-28)22-30(27)17-18-33-32-24-35(44-6)37(46-26-29-15-11-8-12-16-29)23-31(32)19-20-41(33)38(42)40-39(2,3)4;1-2/h8-9,11-18,21-24,33H,7,10,19-20,25-26H2,1-6H3,(H,40,42);1-2H3/b18-17+;. The molecule has 1 aliphatic carbocycles. The van der Waals surface area contributed by atoms with E-state index in [1.165, 1.54) is 0 Å². The SMILES string of the molecule is CC.COc1cc(C)c(/C=C/C2c3cc(OC)c(OCc4ccccc4)cc3CCN2C(=O)NC(C)(C)C)cc1OCC1=CCCC=C1. The molecule has 7 heteroatoms. The predicted molar refractivity (Wildman–Crippen MR) is 195 cm³/mol. The van der Waals surface area contributed by atoms with Crippen LogP contribution in [0.5, 0.6) is 23.0 Å². The van der Waals surface area contributed by atoms with E-state index < -0.39 is 0 Å². The van der Waals surface area contributed by atoms with E-state index in [9.17, 15) is 4.79 Å². The molecule has 1 N–H and O–H groups in total. The van der Waals surface area contributed by atoms with Crippen LogP contribution in [0.3, 0.4) is 0 Å². The van der Waals surface area contributed by atoms with Crippen LogP contribution >= 0.6 is 0 Å². The number of hydrogen-bond acceptors (Lipinski definition) is 5. The van der Waals surface area contributed by atoms with Gasteiger partial charge >= 0.3 is 6.03 Å². The summed E-state index contributed by atoms with van der Waals surface area (Å²) in [6, 6.07) is 17.7. The predicted octanol–water partition coefficient (Wildman–Crippen LogP) is 9.39. The van der Waals surface area contributed by atoms with Crippen molar-refractivity contribution < 1.29 is 23.7 Å². The average molecular weight is 653 g/mol. The summed E-state index contributed by atoms with van der Waals surface area (Å²) in [5.74, 6) is 2.70. The number of aryl methyl sites for hydroxylation is 1. The highest BCUT2D eigenvalue weighted by Crippen LogP contribution is 2.40. The van der Waals surface area contributed by atoms with Gasteiger partial charge in [0.1, 0.15) is 13.2 Å². The number of fused-ring (bicyclic) bond motifs is 1. The van der Waals surface area contributed by atoms with Crippen LogP contribution in [0.25, 0.3) is 6.08 Å². The Morgan fingerprint density at radius 1 is 0.917 bits per heavy atom. The Hall–Kier alpha value is -4.65. The fraction of sp³-hybridized carbons (Fsp3) is 0.390. The summed E-state index contributed by atoms with van der Waals surface area (Å²) in [5, 5.41) is 3.16. The number of nitrogens with zero attached hydrogens (tertiary/aromatic N) is 1. The lowest BCUT2D eigenvalue weighted by molar-refractivity contribution is 0.173. The average Bonchev–Trinajstić information content (AvgIpc) is 3.09. The fourth-order valence-electron chi connectivity index (χ4n) is 5.75. The van der Waals surface area contributed by atoms with Crippen molar-refractivity contribution in [3.05, 3.63) is 112 Å². The topological polar surface area (TPSA) is 69.3 Å². The van der Waals surface area contributed by atoms with Crippen molar-refractivity contribution in [2.75, 3.05) is 27.4 Å². The van der Waals surface area contributed by atoms with Gasteiger partial charge in [-0.2, -0.15) is 0 Å². The lowest BCUT2D eigenvalue weighted by Crippen LogP contribution is -2.51. The molecule has 1 heterocycles. The van der Waals surface area contributed by atoms with Gasteiger partial charge in [0.25, 0.3) is 0 Å². The molecule has 0 bridgehead atoms. The minimum absolute atomic E-state index is 0.111. The second kappa shape index (κ2) is 17.0. The maximum atomic E-state index is 13.6. The zero-order valence-electron chi connectivity index (χ0n) is 29.9. The van der Waals surface area contributed by atoms with Crippen LogP contribution in [0.2, 0.25) is 0 Å². The normalized spacial score (nSPS) is 15.5. The quantitative estimate of drug-likeness (QED) is 0.236. The summed E-state index contributed by atoms with van der Waals surface area (Å²) < 4.78 is 24.0. The molecular formula is C41H52N2O5. The van der Waals surface area contributed by atoms with Crippen molar-refractivity contribution >= 4 is 12.1 Å². The Balaban J connectivity index is 0.00000255. The summed E-state index contributed by atoms with van der Waals surface area (Å²) >= 11 is 0. The van der Waals surface area contributed by atoms with Gasteiger partial charge in [-0.25, -0.2) is 4.79 Å². The molecule has 0 fully saturated rings. The Labute approximate surface area is 287 Å². The van der Waals surface area contributed by atoms with E-state index in [-0.39, 0.29) is 17.6 Å². The van der Waals surface area contributed by atoms with Crippen LogP contribution < -0.4 is 24.3 Å². The lowest BCUT2D eigenvalue weighted by Gasteiger charge is -2.38. The minimum Gasteiger partial charge on any atom is -0.493 e. The molecule has 1 unspecified atom stereocenters. The van der Waals surface area contributed by atoms with Gasteiger partial charge in [-0.15, -0.1) is 0 Å². The van der Waals surface area contributed by atoms with Gasteiger partial charge in [-0.3, -0.25) is 0 Å². The van der Waals surface area contributed by atoms with Gasteiger partial charge in [-0.05, 0) is 105 Å². The van der Waals surface area contributed by atoms with Crippen molar-refractivity contribution in [1.29, 1.82) is 0 Å². The number of amides is 2. The molecule has 0 aromatic heterocycles. The highest BCUT2D eigenvalue weighted by atomic mass is 16.5. The molecular weight excluding hydrogens is 600 g/mol. The largest absolute Gasteiger partial charge is 0.493 e. The third kappa shape index (κ3) is 9.46. The molecule has 7 nitrogen and oxygen atoms in total. The van der Waals surface area contributed by atoms with Gasteiger partial charge in [0, 0.05) is 12.1 Å². The van der Waals surface area contributed by atoms with Crippen LogP contribution in [-0.2, 0) is 13.0 Å². The maximum absolute atomic E-state index is 13.6. The second-order valence-corrected chi connectivity index (χ2v) is 12.8. The Kier molecular flexibility index (Phi) is 12.8. The van der Waals surface area contributed by atoms with Crippen LogP contribution in [0.4, 0.5) is 4.79 Å². The number of urea groups is 1. The molecule has 3 aromatic rings. The molecule has 2 amide bonds. The van der Waals surface area contributed by atoms with E-state index >= 15 is 0 Å². The molecule has 1 atom stereocenters. The molecule has 0 saturated heterocycles. The monoisotopic (exact) mass is 652 g/mol.